The minimum absolute atomic E-state index is 0.133. The fourth-order valence-electron chi connectivity index (χ4n) is 8.42. The van der Waals surface area contributed by atoms with Gasteiger partial charge in [0.1, 0.15) is 0 Å². The third-order valence-corrected chi connectivity index (χ3v) is 13.2. The van der Waals surface area contributed by atoms with Crippen molar-refractivity contribution in [3.8, 4) is 0 Å². The number of cyclic esters (lactones) is 1. The molecule has 3 fully saturated rings. The summed E-state index contributed by atoms with van der Waals surface area (Å²) in [6, 6.07) is -0.276. The molecule has 0 spiro atoms. The van der Waals surface area contributed by atoms with Crippen LogP contribution in [0.4, 0.5) is 0 Å². The van der Waals surface area contributed by atoms with Gasteiger partial charge in [-0.3, -0.25) is 0 Å². The van der Waals surface area contributed by atoms with E-state index in [0.717, 1.165) is 4.23 Å². The standard InChI is InChI=1S/C37H67NO12.V/c1-14-26-37(10,44)30(40)20(3)15-19(2)17-35(8,43)32(50-34-28(39)25(38(11)12)16-21(4)46-34)22(5)29(23(6)33(42)48-26)49-27-18-36(9,45-13)31(41)24(7)47-27;/h19-32,34,39-41,43-44H,14,16-18H2,1-13H3;/t19-,20-,21+,22-,23+,24-,25-,26+,27?,28+,29-,30+,31-,32+,34-,35-,36+,37+;/m0./s1. The molecule has 3 rings (SSSR count). The zero-order valence-corrected chi connectivity index (χ0v) is 34.4. The van der Waals surface area contributed by atoms with Gasteiger partial charge in [-0.2, -0.15) is 0 Å². The van der Waals surface area contributed by atoms with Gasteiger partial charge in [0.15, 0.2) is 0 Å². The molecular formula is C37H67NO12V. The summed E-state index contributed by atoms with van der Waals surface area (Å²) in [6.07, 6.45) is -8.31. The number of methoxy groups -OCH3 is 1. The van der Waals surface area contributed by atoms with Crippen molar-refractivity contribution >= 4 is 10.2 Å². The molecule has 0 bridgehead atoms. The monoisotopic (exact) mass is 768 g/mol. The van der Waals surface area contributed by atoms with Crippen LogP contribution >= 0.6 is 0 Å². The molecule has 0 amide bonds. The molecule has 0 aromatic rings. The van der Waals surface area contributed by atoms with Crippen LogP contribution in [-0.4, -0.2) is 146 Å². The second-order valence-electron chi connectivity index (χ2n) is 16.5. The number of carbonyl (C=O) groups excluding carboxylic acids is 1. The summed E-state index contributed by atoms with van der Waals surface area (Å²) in [5, 5.41) is 58.1. The van der Waals surface area contributed by atoms with Crippen molar-refractivity contribution in [1.82, 2.24) is 4.90 Å². The average Bonchev–Trinajstić information content (AvgIpc) is 3.05. The number of carbonyl (C=O) groups is 1. The van der Waals surface area contributed by atoms with E-state index in [-0.39, 0.29) is 37.3 Å². The predicted octanol–water partition coefficient (Wildman–Crippen LogP) is 1.94. The Hall–Kier alpha value is -0.516. The molecule has 3 heterocycles. The van der Waals surface area contributed by atoms with Crippen molar-refractivity contribution in [3.05, 3.63) is 0 Å². The summed E-state index contributed by atoms with van der Waals surface area (Å²) < 4.78 is 38.2. The Morgan fingerprint density at radius 2 is 1.53 bits per heavy atom. The molecule has 0 saturated carbocycles. The number of rotatable bonds is 7. The van der Waals surface area contributed by atoms with Crippen LogP contribution in [0.5, 0.6) is 0 Å². The number of nitrogens with zero attached hydrogens (tertiary/aromatic N) is 1. The summed E-state index contributed by atoms with van der Waals surface area (Å²) in [7, 11) is 5.27. The van der Waals surface area contributed by atoms with Gasteiger partial charge >= 0.3 is 303 Å². The molecule has 13 nitrogen and oxygen atoms in total. The van der Waals surface area contributed by atoms with E-state index < -0.39 is 95.8 Å². The Morgan fingerprint density at radius 3 is 2.08 bits per heavy atom. The third kappa shape index (κ3) is 9.84. The molecule has 1 unspecified atom stereocenters. The van der Waals surface area contributed by atoms with Gasteiger partial charge in [-0.05, 0) is 0 Å². The first-order valence-corrected chi connectivity index (χ1v) is 19.2. The van der Waals surface area contributed by atoms with Crippen LogP contribution < -0.4 is 0 Å². The Morgan fingerprint density at radius 1 is 0.922 bits per heavy atom. The van der Waals surface area contributed by atoms with E-state index in [1.807, 2.05) is 39.8 Å². The van der Waals surface area contributed by atoms with Gasteiger partial charge in [-0.25, -0.2) is 0 Å². The predicted molar refractivity (Wildman–Crippen MR) is 186 cm³/mol. The van der Waals surface area contributed by atoms with Crippen LogP contribution in [0.25, 0.3) is 0 Å². The van der Waals surface area contributed by atoms with E-state index in [2.05, 4.69) is 17.0 Å². The Balaban J connectivity index is 2.18. The summed E-state index contributed by atoms with van der Waals surface area (Å²) in [4.78, 5) is 16.1. The number of ether oxygens (including phenoxy) is 6. The van der Waals surface area contributed by atoms with Gasteiger partial charge in [0.25, 0.3) is 0 Å². The third-order valence-electron chi connectivity index (χ3n) is 11.9. The molecule has 0 aromatic carbocycles. The fourth-order valence-corrected chi connectivity index (χ4v) is 8.78. The molecule has 3 aliphatic rings. The maximum absolute atomic E-state index is 14.1. The van der Waals surface area contributed by atoms with Crippen LogP contribution in [0.2, 0.25) is 0 Å². The van der Waals surface area contributed by atoms with Gasteiger partial charge < -0.3 is 5.11 Å². The van der Waals surface area contributed by atoms with E-state index in [4.69, 9.17) is 28.4 Å². The summed E-state index contributed by atoms with van der Waals surface area (Å²) in [6.45, 7) is 17.5. The van der Waals surface area contributed by atoms with Crippen molar-refractivity contribution in [1.29, 1.82) is 0 Å². The van der Waals surface area contributed by atoms with Crippen LogP contribution in [0.3, 0.4) is 0 Å². The SMILES string of the molecule is CC[C@H]1OC(=O)[C@H](C)[C@@H](OC2C[C@@](C)(OC)[C@@H](O)[C@H](C)O2)[C@H](C)[C@@H](O[C@@H]2O[C@H](C)C[C@H](N(C)C)[C@H]2O)[C@@](C)(O)C[C@@H](C)[C](=[V])[C@H](C)[C@@H](O)[C@]1(C)O. The van der Waals surface area contributed by atoms with Crippen molar-refractivity contribution in [3.63, 3.8) is 0 Å². The number of likely N-dealkylation sites (N-methyl/N-ethyl adjacent to an activating group) is 1. The molecule has 5 N–H and O–H groups in total. The van der Waals surface area contributed by atoms with E-state index in [1.165, 1.54) is 14.0 Å². The summed E-state index contributed by atoms with van der Waals surface area (Å²) in [5.41, 5.74) is -4.43. The number of aliphatic hydroxyl groups is 5. The molecular weight excluding hydrogens is 701 g/mol. The average molecular weight is 769 g/mol. The van der Waals surface area contributed by atoms with Crippen LogP contribution in [0.1, 0.15) is 94.9 Å². The van der Waals surface area contributed by atoms with Crippen molar-refractivity contribution in [2.24, 2.45) is 23.7 Å². The van der Waals surface area contributed by atoms with Crippen molar-refractivity contribution in [2.75, 3.05) is 21.2 Å². The normalized spacial score (nSPS) is 49.7. The molecule has 0 aliphatic carbocycles. The quantitative estimate of drug-likeness (QED) is 0.238. The zero-order chi connectivity index (χ0) is 39.0. The minimum atomic E-state index is -1.80. The van der Waals surface area contributed by atoms with E-state index in [9.17, 15) is 30.3 Å². The van der Waals surface area contributed by atoms with Gasteiger partial charge in [-0.1, -0.05) is 0 Å². The summed E-state index contributed by atoms with van der Waals surface area (Å²) >= 11 is 2.48. The molecule has 51 heavy (non-hydrogen) atoms. The van der Waals surface area contributed by atoms with Gasteiger partial charge in [0.2, 0.25) is 0 Å². The molecule has 18 atom stereocenters. The first kappa shape index (κ1) is 44.9. The van der Waals surface area contributed by atoms with Crippen molar-refractivity contribution < 1.29 is 75.7 Å². The fraction of sp³-hybridized carbons (Fsp3) is 0.946. The number of hydrogen-bond acceptors (Lipinski definition) is 13. The van der Waals surface area contributed by atoms with E-state index in [0.29, 0.717) is 6.42 Å². The van der Waals surface area contributed by atoms with E-state index in [1.54, 1.807) is 41.5 Å². The van der Waals surface area contributed by atoms with Gasteiger partial charge in [0.05, 0.1) is 0 Å². The molecule has 0 aromatic heterocycles. The van der Waals surface area contributed by atoms with Crippen LogP contribution in [0, 0.1) is 23.7 Å². The molecule has 3 aliphatic heterocycles. The second-order valence-corrected chi connectivity index (χ2v) is 17.3. The van der Waals surface area contributed by atoms with Gasteiger partial charge in [-0.15, -0.1) is 0 Å². The summed E-state index contributed by atoms with van der Waals surface area (Å²) in [5.74, 6) is -3.28. The van der Waals surface area contributed by atoms with Crippen LogP contribution in [0.15, 0.2) is 0 Å². The second kappa shape index (κ2) is 17.5. The molecule has 297 valence electrons. The molecule has 14 heteroatoms. The van der Waals surface area contributed by atoms with E-state index >= 15 is 0 Å². The zero-order valence-electron chi connectivity index (χ0n) is 33.0. The Kier molecular flexibility index (Phi) is 15.4. The Bertz CT molecular complexity index is 1170. The molecule has 0 radical (unpaired) electrons. The number of aliphatic hydroxyl groups excluding tert-OH is 3. The number of esters is 1. The topological polar surface area (TPSA) is 177 Å². The first-order valence-electron chi connectivity index (χ1n) is 18.5. The van der Waals surface area contributed by atoms with Gasteiger partial charge in [0, 0.05) is 7.11 Å². The first-order chi connectivity index (χ1) is 23.4. The maximum atomic E-state index is 14.1. The Labute approximate surface area is 314 Å². The van der Waals surface area contributed by atoms with Crippen LogP contribution in [-0.2, 0) is 50.2 Å². The number of hydrogen-bond donors (Lipinski definition) is 5. The van der Waals surface area contributed by atoms with Crippen molar-refractivity contribution in [2.45, 2.75) is 179 Å². The molecule has 3 saturated heterocycles.